The average Bonchev–Trinajstić information content (AvgIpc) is 3.43. The van der Waals surface area contributed by atoms with Crippen molar-refractivity contribution in [3.05, 3.63) is 41.3 Å². The molecular formula is C20H23N7OS. The number of aryl methyl sites for hydroxylation is 1. The Labute approximate surface area is 173 Å². The van der Waals surface area contributed by atoms with Gasteiger partial charge in [-0.05, 0) is 48.6 Å². The van der Waals surface area contributed by atoms with E-state index in [0.29, 0.717) is 33.8 Å². The Morgan fingerprint density at radius 3 is 2.76 bits per heavy atom. The minimum absolute atomic E-state index is 0.200. The predicted octanol–water partition coefficient (Wildman–Crippen LogP) is 3.87. The normalized spacial score (nSPS) is 13.7. The van der Waals surface area contributed by atoms with Crippen LogP contribution in [0.1, 0.15) is 60.5 Å². The lowest BCUT2D eigenvalue weighted by Gasteiger charge is -2.14. The molecule has 1 N–H and O–H groups in total. The van der Waals surface area contributed by atoms with Gasteiger partial charge in [-0.25, -0.2) is 14.6 Å². The molecule has 0 unspecified atom stereocenters. The van der Waals surface area contributed by atoms with Crippen LogP contribution < -0.4 is 5.32 Å². The summed E-state index contributed by atoms with van der Waals surface area (Å²) < 4.78 is 1.86. The summed E-state index contributed by atoms with van der Waals surface area (Å²) in [7, 11) is 0. The Bertz CT molecular complexity index is 1060. The molecular weight excluding hydrogens is 386 g/mol. The van der Waals surface area contributed by atoms with Crippen LogP contribution in [0.2, 0.25) is 0 Å². The fourth-order valence-corrected chi connectivity index (χ4v) is 3.74. The van der Waals surface area contributed by atoms with Crippen molar-refractivity contribution >= 4 is 23.4 Å². The van der Waals surface area contributed by atoms with Gasteiger partial charge in [0.1, 0.15) is 10.9 Å². The third-order valence-corrected chi connectivity index (χ3v) is 5.46. The maximum Gasteiger partial charge on any atom is 0.260 e. The van der Waals surface area contributed by atoms with Gasteiger partial charge in [0.05, 0.1) is 17.3 Å². The van der Waals surface area contributed by atoms with E-state index in [-0.39, 0.29) is 11.8 Å². The summed E-state index contributed by atoms with van der Waals surface area (Å²) in [5, 5.41) is 15.7. The zero-order valence-electron chi connectivity index (χ0n) is 16.9. The van der Waals surface area contributed by atoms with E-state index in [4.69, 9.17) is 0 Å². The topological polar surface area (TPSA) is 98.5 Å². The molecule has 0 spiro atoms. The van der Waals surface area contributed by atoms with E-state index in [1.54, 1.807) is 0 Å². The highest BCUT2D eigenvalue weighted by Crippen LogP contribution is 2.37. The van der Waals surface area contributed by atoms with Crippen molar-refractivity contribution in [3.8, 4) is 11.4 Å². The first kappa shape index (κ1) is 19.5. The van der Waals surface area contributed by atoms with Gasteiger partial charge in [0.2, 0.25) is 0 Å². The number of thioether (sulfide) groups is 1. The number of anilines is 1. The fourth-order valence-electron chi connectivity index (χ4n) is 3.11. The van der Waals surface area contributed by atoms with Gasteiger partial charge in [-0.1, -0.05) is 26.0 Å². The molecule has 0 aliphatic heterocycles. The lowest BCUT2D eigenvalue weighted by molar-refractivity contribution is 0.102. The van der Waals surface area contributed by atoms with Crippen LogP contribution in [0.4, 0.5) is 5.69 Å². The van der Waals surface area contributed by atoms with Gasteiger partial charge in [-0.15, -0.1) is 16.9 Å². The highest BCUT2D eigenvalue weighted by atomic mass is 32.2. The molecule has 1 aliphatic rings. The van der Waals surface area contributed by atoms with Crippen molar-refractivity contribution in [1.29, 1.82) is 0 Å². The molecule has 2 aromatic heterocycles. The maximum absolute atomic E-state index is 13.0. The molecule has 2 heterocycles. The van der Waals surface area contributed by atoms with Gasteiger partial charge in [-0.3, -0.25) is 4.79 Å². The molecule has 29 heavy (non-hydrogen) atoms. The largest absolute Gasteiger partial charge is 0.322 e. The second-order valence-corrected chi connectivity index (χ2v) is 8.21. The third kappa shape index (κ3) is 4.00. The second-order valence-electron chi connectivity index (χ2n) is 7.42. The summed E-state index contributed by atoms with van der Waals surface area (Å²) in [6, 6.07) is 7.95. The Morgan fingerprint density at radius 2 is 2.07 bits per heavy atom. The highest BCUT2D eigenvalue weighted by Gasteiger charge is 2.28. The minimum Gasteiger partial charge on any atom is -0.322 e. The van der Waals surface area contributed by atoms with Gasteiger partial charge in [0.25, 0.3) is 5.91 Å². The number of hydrogen-bond donors (Lipinski definition) is 1. The summed E-state index contributed by atoms with van der Waals surface area (Å²) >= 11 is 1.45. The molecule has 1 amide bonds. The van der Waals surface area contributed by atoms with E-state index in [9.17, 15) is 4.79 Å². The molecule has 8 nitrogen and oxygen atoms in total. The van der Waals surface area contributed by atoms with Crippen molar-refractivity contribution in [1.82, 2.24) is 30.2 Å². The summed E-state index contributed by atoms with van der Waals surface area (Å²) in [5.74, 6) is 1.44. The molecule has 0 radical (unpaired) electrons. The number of carbonyl (C=O) groups excluding carboxylic acids is 1. The fraction of sp³-hybridized carbons (Fsp3) is 0.400. The van der Waals surface area contributed by atoms with Crippen molar-refractivity contribution in [2.45, 2.75) is 50.6 Å². The molecule has 150 valence electrons. The van der Waals surface area contributed by atoms with E-state index < -0.39 is 0 Å². The van der Waals surface area contributed by atoms with Gasteiger partial charge in [0.15, 0.2) is 5.82 Å². The molecule has 0 saturated heterocycles. The van der Waals surface area contributed by atoms with Crippen LogP contribution in [-0.2, 0) is 0 Å². The number of nitrogens with one attached hydrogen (secondary N) is 1. The number of amides is 1. The quantitative estimate of drug-likeness (QED) is 0.487. The number of nitrogens with zero attached hydrogens (tertiary/aromatic N) is 6. The summed E-state index contributed by atoms with van der Waals surface area (Å²) in [6.45, 7) is 5.93. The Morgan fingerprint density at radius 1 is 1.28 bits per heavy atom. The number of rotatable bonds is 6. The van der Waals surface area contributed by atoms with Crippen molar-refractivity contribution < 1.29 is 4.79 Å². The first-order valence-corrected chi connectivity index (χ1v) is 10.8. The number of benzene rings is 1. The van der Waals surface area contributed by atoms with E-state index >= 15 is 0 Å². The van der Waals surface area contributed by atoms with Crippen LogP contribution in [0.25, 0.3) is 11.4 Å². The minimum atomic E-state index is -0.221. The Kier molecular flexibility index (Phi) is 5.31. The number of tetrazole rings is 1. The smallest absolute Gasteiger partial charge is 0.260 e. The molecule has 1 aromatic carbocycles. The summed E-state index contributed by atoms with van der Waals surface area (Å²) in [5.41, 5.74) is 2.74. The van der Waals surface area contributed by atoms with Crippen molar-refractivity contribution in [3.63, 3.8) is 0 Å². The van der Waals surface area contributed by atoms with E-state index in [1.165, 1.54) is 11.8 Å². The van der Waals surface area contributed by atoms with Gasteiger partial charge in [0, 0.05) is 17.2 Å². The Hall–Kier alpha value is -2.81. The first-order valence-electron chi connectivity index (χ1n) is 9.60. The first-order chi connectivity index (χ1) is 14.0. The van der Waals surface area contributed by atoms with Crippen LogP contribution in [0.15, 0.2) is 29.3 Å². The zero-order chi connectivity index (χ0) is 20.5. The monoisotopic (exact) mass is 409 g/mol. The van der Waals surface area contributed by atoms with Crippen LogP contribution >= 0.6 is 11.8 Å². The second kappa shape index (κ2) is 7.90. The molecule has 1 fully saturated rings. The highest BCUT2D eigenvalue weighted by molar-refractivity contribution is 7.98. The van der Waals surface area contributed by atoms with Gasteiger partial charge < -0.3 is 5.32 Å². The number of aromatic nitrogens is 6. The summed E-state index contributed by atoms with van der Waals surface area (Å²) in [4.78, 5) is 22.1. The van der Waals surface area contributed by atoms with Crippen molar-refractivity contribution in [2.24, 2.45) is 0 Å². The van der Waals surface area contributed by atoms with Gasteiger partial charge in [-0.2, -0.15) is 0 Å². The Balaban J connectivity index is 1.62. The molecule has 0 atom stereocenters. The summed E-state index contributed by atoms with van der Waals surface area (Å²) in [6.07, 6.45) is 4.11. The maximum atomic E-state index is 13.0. The van der Waals surface area contributed by atoms with Crippen LogP contribution in [0.3, 0.4) is 0 Å². The molecule has 1 aliphatic carbocycles. The van der Waals surface area contributed by atoms with Gasteiger partial charge >= 0.3 is 0 Å². The van der Waals surface area contributed by atoms with E-state index in [2.05, 4.69) is 30.8 Å². The van der Waals surface area contributed by atoms with E-state index in [1.807, 2.05) is 56.0 Å². The molecule has 4 rings (SSSR count). The molecule has 9 heteroatoms. The molecule has 1 saturated carbocycles. The number of hydrogen-bond acceptors (Lipinski definition) is 7. The third-order valence-electron chi connectivity index (χ3n) is 4.78. The van der Waals surface area contributed by atoms with Crippen LogP contribution in [0, 0.1) is 6.92 Å². The zero-order valence-corrected chi connectivity index (χ0v) is 17.7. The lowest BCUT2D eigenvalue weighted by atomic mass is 10.1. The van der Waals surface area contributed by atoms with Crippen LogP contribution in [0.5, 0.6) is 0 Å². The standard InChI is InChI=1S/C20H23N7OS/c1-11(2)17-21-12(3)16(20(23-17)29-4)19(28)22-14-7-5-6-13(10-14)18-24-25-26-27(18)15-8-9-15/h5-7,10-11,15H,8-9H2,1-4H3,(H,22,28). The SMILES string of the molecule is CSc1nc(C(C)C)nc(C)c1C(=O)Nc1cccc(-c2nnnn2C2CC2)c1. The van der Waals surface area contributed by atoms with Crippen molar-refractivity contribution in [2.75, 3.05) is 11.6 Å². The molecule has 0 bridgehead atoms. The number of carbonyl (C=O) groups is 1. The molecule has 3 aromatic rings. The van der Waals surface area contributed by atoms with Crippen LogP contribution in [-0.4, -0.2) is 42.3 Å². The lowest BCUT2D eigenvalue weighted by Crippen LogP contribution is -2.18. The average molecular weight is 410 g/mol. The predicted molar refractivity (Wildman–Crippen MR) is 112 cm³/mol. The van der Waals surface area contributed by atoms with E-state index in [0.717, 1.165) is 24.2 Å².